The highest BCUT2D eigenvalue weighted by molar-refractivity contribution is 5.94. The number of aryl methyl sites for hydroxylation is 1. The summed E-state index contributed by atoms with van der Waals surface area (Å²) >= 11 is 0. The number of methoxy groups -OCH3 is 1. The third-order valence-corrected chi connectivity index (χ3v) is 5.07. The van der Waals surface area contributed by atoms with E-state index in [0.29, 0.717) is 25.2 Å². The van der Waals surface area contributed by atoms with Crippen LogP contribution in [0.5, 0.6) is 5.75 Å². The van der Waals surface area contributed by atoms with E-state index >= 15 is 0 Å². The second-order valence-corrected chi connectivity index (χ2v) is 8.52. The second-order valence-electron chi connectivity index (χ2n) is 8.52. The highest BCUT2D eigenvalue weighted by Gasteiger charge is 2.31. The van der Waals surface area contributed by atoms with E-state index in [-0.39, 0.29) is 18.0 Å². The molecule has 2 heterocycles. The van der Waals surface area contributed by atoms with Crippen molar-refractivity contribution < 1.29 is 19.1 Å². The van der Waals surface area contributed by atoms with Gasteiger partial charge in [-0.05, 0) is 45.4 Å². The Hall–Kier alpha value is -3.03. The number of aromatic nitrogens is 2. The molecule has 1 aromatic carbocycles. The summed E-state index contributed by atoms with van der Waals surface area (Å²) in [7, 11) is 3.44. The van der Waals surface area contributed by atoms with Crippen LogP contribution in [-0.2, 0) is 24.8 Å². The predicted molar refractivity (Wildman–Crippen MR) is 112 cm³/mol. The molecule has 0 radical (unpaired) electrons. The van der Waals surface area contributed by atoms with Gasteiger partial charge in [-0.3, -0.25) is 9.48 Å². The molecule has 0 saturated carbocycles. The average molecular weight is 415 g/mol. The summed E-state index contributed by atoms with van der Waals surface area (Å²) in [5.74, 6) is 0.500. The van der Waals surface area contributed by atoms with Crippen molar-refractivity contribution in [1.29, 1.82) is 0 Å². The molecule has 3 rings (SSSR count). The van der Waals surface area contributed by atoms with Gasteiger partial charge in [-0.15, -0.1) is 0 Å². The first-order chi connectivity index (χ1) is 14.1. The molecule has 1 N–H and O–H groups in total. The quantitative estimate of drug-likeness (QED) is 0.830. The minimum atomic E-state index is -0.569. The van der Waals surface area contributed by atoms with E-state index < -0.39 is 5.60 Å². The zero-order valence-electron chi connectivity index (χ0n) is 18.5. The molecule has 8 heteroatoms. The third kappa shape index (κ3) is 4.75. The second kappa shape index (κ2) is 8.38. The minimum absolute atomic E-state index is 0.202. The molecule has 30 heavy (non-hydrogen) atoms. The maximum absolute atomic E-state index is 13.0. The molecule has 0 bridgehead atoms. The maximum Gasteiger partial charge on any atom is 0.410 e. The standard InChI is InChI=1S/C22H30N4O4/c1-14(15-7-9-16(29-6)10-8-15)23-20(27)19-17-13-26(21(28)30-22(2,3)4)12-11-18(17)25(5)24-19/h7-10,14H,11-13H2,1-6H3,(H,23,27). The van der Waals surface area contributed by atoms with E-state index in [0.717, 1.165) is 22.6 Å². The van der Waals surface area contributed by atoms with Crippen molar-refractivity contribution in [2.75, 3.05) is 13.7 Å². The first-order valence-corrected chi connectivity index (χ1v) is 10.1. The molecule has 0 fully saturated rings. The van der Waals surface area contributed by atoms with E-state index in [1.165, 1.54) is 0 Å². The average Bonchev–Trinajstić information content (AvgIpc) is 3.03. The highest BCUT2D eigenvalue weighted by Crippen LogP contribution is 2.25. The molecular formula is C22H30N4O4. The van der Waals surface area contributed by atoms with Gasteiger partial charge in [0.25, 0.3) is 5.91 Å². The monoisotopic (exact) mass is 414 g/mol. The van der Waals surface area contributed by atoms with Crippen LogP contribution < -0.4 is 10.1 Å². The molecule has 0 spiro atoms. The number of amides is 2. The lowest BCUT2D eigenvalue weighted by molar-refractivity contribution is 0.0221. The lowest BCUT2D eigenvalue weighted by Gasteiger charge is -2.30. The largest absolute Gasteiger partial charge is 0.497 e. The first-order valence-electron chi connectivity index (χ1n) is 10.1. The van der Waals surface area contributed by atoms with Gasteiger partial charge in [-0.2, -0.15) is 5.10 Å². The molecule has 0 saturated heterocycles. The summed E-state index contributed by atoms with van der Waals surface area (Å²) in [5, 5.41) is 7.45. The fourth-order valence-electron chi connectivity index (χ4n) is 3.50. The van der Waals surface area contributed by atoms with Crippen molar-refractivity contribution in [2.24, 2.45) is 7.05 Å². The molecule has 1 atom stereocenters. The van der Waals surface area contributed by atoms with Crippen molar-refractivity contribution in [1.82, 2.24) is 20.0 Å². The van der Waals surface area contributed by atoms with Gasteiger partial charge in [0, 0.05) is 31.3 Å². The number of rotatable bonds is 4. The van der Waals surface area contributed by atoms with Crippen molar-refractivity contribution in [2.45, 2.75) is 52.3 Å². The molecular weight excluding hydrogens is 384 g/mol. The number of fused-ring (bicyclic) bond motifs is 1. The Bertz CT molecular complexity index is 928. The third-order valence-electron chi connectivity index (χ3n) is 5.07. The number of carbonyl (C=O) groups excluding carboxylic acids is 2. The van der Waals surface area contributed by atoms with Gasteiger partial charge in [0.15, 0.2) is 5.69 Å². The van der Waals surface area contributed by atoms with Crippen LogP contribution in [0.4, 0.5) is 4.79 Å². The van der Waals surface area contributed by atoms with Crippen molar-refractivity contribution in [3.63, 3.8) is 0 Å². The van der Waals surface area contributed by atoms with Crippen LogP contribution in [0.2, 0.25) is 0 Å². The molecule has 8 nitrogen and oxygen atoms in total. The Kier molecular flexibility index (Phi) is 6.05. The van der Waals surface area contributed by atoms with Crippen LogP contribution in [0.1, 0.15) is 61.0 Å². The number of nitrogens with one attached hydrogen (secondary N) is 1. The Labute approximate surface area is 177 Å². The van der Waals surface area contributed by atoms with Gasteiger partial charge in [-0.25, -0.2) is 4.79 Å². The minimum Gasteiger partial charge on any atom is -0.497 e. The summed E-state index contributed by atoms with van der Waals surface area (Å²) < 4.78 is 12.4. The molecule has 2 amide bonds. The zero-order chi connectivity index (χ0) is 22.1. The molecule has 2 aromatic rings. The van der Waals surface area contributed by atoms with Crippen LogP contribution in [-0.4, -0.2) is 45.9 Å². The molecule has 1 aromatic heterocycles. The summed E-state index contributed by atoms with van der Waals surface area (Å²) in [5.41, 5.74) is 2.48. The molecule has 162 valence electrons. The van der Waals surface area contributed by atoms with Crippen LogP contribution in [0.15, 0.2) is 24.3 Å². The van der Waals surface area contributed by atoms with Crippen LogP contribution in [0.3, 0.4) is 0 Å². The Morgan fingerprint density at radius 3 is 2.47 bits per heavy atom. The molecule has 0 aliphatic carbocycles. The number of hydrogen-bond acceptors (Lipinski definition) is 5. The van der Waals surface area contributed by atoms with Crippen LogP contribution in [0.25, 0.3) is 0 Å². The summed E-state index contributed by atoms with van der Waals surface area (Å²) in [6, 6.07) is 7.36. The Balaban J connectivity index is 1.75. The Morgan fingerprint density at radius 2 is 1.87 bits per heavy atom. The number of nitrogens with zero attached hydrogens (tertiary/aromatic N) is 3. The number of carbonyl (C=O) groups is 2. The van der Waals surface area contributed by atoms with Gasteiger partial charge >= 0.3 is 6.09 Å². The van der Waals surface area contributed by atoms with Crippen molar-refractivity contribution in [3.05, 3.63) is 46.8 Å². The number of benzene rings is 1. The van der Waals surface area contributed by atoms with Gasteiger partial charge < -0.3 is 19.7 Å². The lowest BCUT2D eigenvalue weighted by Crippen LogP contribution is -2.40. The molecule has 1 unspecified atom stereocenters. The summed E-state index contributed by atoms with van der Waals surface area (Å²) in [6.07, 6.45) is 0.245. The Morgan fingerprint density at radius 1 is 1.20 bits per heavy atom. The fraction of sp³-hybridized carbons (Fsp3) is 0.500. The lowest BCUT2D eigenvalue weighted by atomic mass is 10.0. The van der Waals surface area contributed by atoms with E-state index in [1.54, 1.807) is 16.7 Å². The zero-order valence-corrected chi connectivity index (χ0v) is 18.5. The first kappa shape index (κ1) is 21.7. The smallest absolute Gasteiger partial charge is 0.410 e. The fourth-order valence-corrected chi connectivity index (χ4v) is 3.50. The highest BCUT2D eigenvalue weighted by atomic mass is 16.6. The van der Waals surface area contributed by atoms with Crippen molar-refractivity contribution in [3.8, 4) is 5.75 Å². The number of ether oxygens (including phenoxy) is 2. The maximum atomic E-state index is 13.0. The summed E-state index contributed by atoms with van der Waals surface area (Å²) in [6.45, 7) is 8.27. The van der Waals surface area contributed by atoms with E-state index in [2.05, 4.69) is 10.4 Å². The van der Waals surface area contributed by atoms with Crippen LogP contribution in [0, 0.1) is 0 Å². The number of hydrogen-bond donors (Lipinski definition) is 1. The molecule has 1 aliphatic heterocycles. The topological polar surface area (TPSA) is 85.7 Å². The van der Waals surface area contributed by atoms with Gasteiger partial charge in [0.05, 0.1) is 19.7 Å². The molecule has 1 aliphatic rings. The normalized spacial score (nSPS) is 14.7. The van der Waals surface area contributed by atoms with E-state index in [9.17, 15) is 9.59 Å². The predicted octanol–water partition coefficient (Wildman–Crippen LogP) is 3.21. The van der Waals surface area contributed by atoms with Crippen molar-refractivity contribution >= 4 is 12.0 Å². The van der Waals surface area contributed by atoms with Gasteiger partial charge in [-0.1, -0.05) is 12.1 Å². The van der Waals surface area contributed by atoms with Gasteiger partial charge in [0.1, 0.15) is 11.4 Å². The van der Waals surface area contributed by atoms with E-state index in [4.69, 9.17) is 9.47 Å². The summed E-state index contributed by atoms with van der Waals surface area (Å²) in [4.78, 5) is 27.1. The van der Waals surface area contributed by atoms with Gasteiger partial charge in [0.2, 0.25) is 0 Å². The van der Waals surface area contributed by atoms with E-state index in [1.807, 2.05) is 59.0 Å². The SMILES string of the molecule is COc1ccc(C(C)NC(=O)c2nn(C)c3c2CN(C(=O)OC(C)(C)C)CC3)cc1. The van der Waals surface area contributed by atoms with Crippen LogP contribution >= 0.6 is 0 Å².